The lowest BCUT2D eigenvalue weighted by Gasteiger charge is -2.33. The van der Waals surface area contributed by atoms with E-state index < -0.39 is 0 Å². The van der Waals surface area contributed by atoms with Gasteiger partial charge in [0.1, 0.15) is 11.4 Å². The molecule has 152 valence electrons. The minimum absolute atomic E-state index is 0.0846. The monoisotopic (exact) mass is 384 g/mol. The molecule has 2 aliphatic rings. The van der Waals surface area contributed by atoms with Crippen LogP contribution in [0.2, 0.25) is 0 Å². The fraction of sp³-hybridized carbons (Fsp3) is 0.591. The molecule has 0 spiro atoms. The Morgan fingerprint density at radius 1 is 1.04 bits per heavy atom. The largest absolute Gasteiger partial charge is 0.507 e. The standard InChI is InChI=1S/C22H32N4O2/c27-21-7-5-6-19-18(21)16-20(24-19)22(28)23-17-8-12-26(13-9-17)15-14-25-10-3-1-2-4-11-25/h5-7,16-17,24,27H,1-4,8-15H2,(H,23,28). The van der Waals surface area contributed by atoms with Crippen molar-refractivity contribution in [3.05, 3.63) is 30.0 Å². The number of phenolic OH excluding ortho intramolecular Hbond substituents is 1. The van der Waals surface area contributed by atoms with Gasteiger partial charge in [-0.15, -0.1) is 0 Å². The van der Waals surface area contributed by atoms with E-state index in [9.17, 15) is 9.90 Å². The Morgan fingerprint density at radius 3 is 2.39 bits per heavy atom. The highest BCUT2D eigenvalue weighted by molar-refractivity contribution is 5.99. The highest BCUT2D eigenvalue weighted by Crippen LogP contribution is 2.25. The van der Waals surface area contributed by atoms with Gasteiger partial charge in [0.05, 0.1) is 0 Å². The second-order valence-electron chi connectivity index (χ2n) is 8.27. The van der Waals surface area contributed by atoms with Crippen LogP contribution < -0.4 is 5.32 Å². The van der Waals surface area contributed by atoms with Crippen LogP contribution in [0.5, 0.6) is 5.75 Å². The van der Waals surface area contributed by atoms with Crippen LogP contribution in [-0.2, 0) is 0 Å². The quantitative estimate of drug-likeness (QED) is 0.741. The number of fused-ring (bicyclic) bond motifs is 1. The van der Waals surface area contributed by atoms with E-state index in [1.165, 1.54) is 45.3 Å². The molecule has 28 heavy (non-hydrogen) atoms. The number of piperidine rings is 1. The van der Waals surface area contributed by atoms with Gasteiger partial charge >= 0.3 is 0 Å². The average molecular weight is 385 g/mol. The lowest BCUT2D eigenvalue weighted by molar-refractivity contribution is 0.0902. The van der Waals surface area contributed by atoms with Crippen LogP contribution in [0, 0.1) is 0 Å². The number of nitrogens with one attached hydrogen (secondary N) is 2. The Labute approximate surface area is 166 Å². The van der Waals surface area contributed by atoms with Gasteiger partial charge in [-0.25, -0.2) is 0 Å². The number of carbonyl (C=O) groups is 1. The molecule has 2 saturated heterocycles. The maximum Gasteiger partial charge on any atom is 0.267 e. The molecule has 0 bridgehead atoms. The van der Waals surface area contributed by atoms with E-state index in [-0.39, 0.29) is 17.7 Å². The highest BCUT2D eigenvalue weighted by Gasteiger charge is 2.22. The van der Waals surface area contributed by atoms with Gasteiger partial charge in [-0.3, -0.25) is 4.79 Å². The number of aromatic amines is 1. The van der Waals surface area contributed by atoms with E-state index in [2.05, 4.69) is 20.1 Å². The van der Waals surface area contributed by atoms with Crippen LogP contribution in [0.25, 0.3) is 10.9 Å². The Bertz CT molecular complexity index is 787. The summed E-state index contributed by atoms with van der Waals surface area (Å²) in [6, 6.07) is 7.24. The molecule has 2 aliphatic heterocycles. The molecule has 2 aromatic rings. The molecule has 0 aliphatic carbocycles. The van der Waals surface area contributed by atoms with Gasteiger partial charge in [0.25, 0.3) is 5.91 Å². The molecule has 1 aromatic carbocycles. The Morgan fingerprint density at radius 2 is 1.71 bits per heavy atom. The summed E-state index contributed by atoms with van der Waals surface area (Å²) >= 11 is 0. The molecular formula is C22H32N4O2. The van der Waals surface area contributed by atoms with Crippen molar-refractivity contribution in [1.29, 1.82) is 0 Å². The van der Waals surface area contributed by atoms with E-state index >= 15 is 0 Å². The van der Waals surface area contributed by atoms with E-state index in [1.54, 1.807) is 18.2 Å². The van der Waals surface area contributed by atoms with Crippen molar-refractivity contribution in [1.82, 2.24) is 20.1 Å². The molecule has 1 amide bonds. The maximum absolute atomic E-state index is 12.6. The summed E-state index contributed by atoms with van der Waals surface area (Å²) in [6.45, 7) is 6.93. The van der Waals surface area contributed by atoms with Crippen LogP contribution in [0.15, 0.2) is 24.3 Å². The predicted molar refractivity (Wildman–Crippen MR) is 112 cm³/mol. The maximum atomic E-state index is 12.6. The molecule has 0 radical (unpaired) electrons. The number of aromatic nitrogens is 1. The number of rotatable bonds is 5. The molecule has 3 N–H and O–H groups in total. The number of hydrogen-bond donors (Lipinski definition) is 3. The first-order chi connectivity index (χ1) is 13.7. The van der Waals surface area contributed by atoms with E-state index in [0.29, 0.717) is 11.1 Å². The zero-order chi connectivity index (χ0) is 19.3. The first-order valence-electron chi connectivity index (χ1n) is 10.8. The first-order valence-corrected chi connectivity index (χ1v) is 10.8. The van der Waals surface area contributed by atoms with E-state index in [1.807, 2.05) is 6.07 Å². The minimum Gasteiger partial charge on any atom is -0.507 e. The molecule has 1 aromatic heterocycles. The normalized spacial score (nSPS) is 20.3. The predicted octanol–water partition coefficient (Wildman–Crippen LogP) is 2.94. The fourth-order valence-corrected chi connectivity index (χ4v) is 4.47. The number of amides is 1. The molecule has 0 atom stereocenters. The Hall–Kier alpha value is -2.05. The number of phenols is 1. The van der Waals surface area contributed by atoms with Crippen molar-refractivity contribution in [2.24, 2.45) is 0 Å². The van der Waals surface area contributed by atoms with Gasteiger partial charge in [-0.1, -0.05) is 18.9 Å². The summed E-state index contributed by atoms with van der Waals surface area (Å²) in [4.78, 5) is 20.9. The van der Waals surface area contributed by atoms with E-state index in [4.69, 9.17) is 0 Å². The topological polar surface area (TPSA) is 71.6 Å². The molecule has 2 fully saturated rings. The molecule has 6 heteroatoms. The van der Waals surface area contributed by atoms with Crippen molar-refractivity contribution in [2.45, 2.75) is 44.6 Å². The summed E-state index contributed by atoms with van der Waals surface area (Å²) in [5.41, 5.74) is 1.30. The van der Waals surface area contributed by atoms with Crippen molar-refractivity contribution >= 4 is 16.8 Å². The molecule has 3 heterocycles. The van der Waals surface area contributed by atoms with Crippen LogP contribution in [0.3, 0.4) is 0 Å². The number of likely N-dealkylation sites (tertiary alicyclic amines) is 2. The summed E-state index contributed by atoms with van der Waals surface area (Å²) in [6.07, 6.45) is 7.46. The summed E-state index contributed by atoms with van der Waals surface area (Å²) in [7, 11) is 0. The fourth-order valence-electron chi connectivity index (χ4n) is 4.47. The van der Waals surface area contributed by atoms with Crippen LogP contribution >= 0.6 is 0 Å². The van der Waals surface area contributed by atoms with Crippen molar-refractivity contribution < 1.29 is 9.90 Å². The number of hydrogen-bond acceptors (Lipinski definition) is 4. The second-order valence-corrected chi connectivity index (χ2v) is 8.27. The van der Waals surface area contributed by atoms with Crippen LogP contribution in [0.1, 0.15) is 49.0 Å². The number of aromatic hydroxyl groups is 1. The third-order valence-corrected chi connectivity index (χ3v) is 6.24. The Kier molecular flexibility index (Phi) is 6.17. The van der Waals surface area contributed by atoms with Crippen molar-refractivity contribution in [3.8, 4) is 5.75 Å². The lowest BCUT2D eigenvalue weighted by atomic mass is 10.0. The summed E-state index contributed by atoms with van der Waals surface area (Å²) < 4.78 is 0. The smallest absolute Gasteiger partial charge is 0.267 e. The highest BCUT2D eigenvalue weighted by atomic mass is 16.3. The van der Waals surface area contributed by atoms with Crippen LogP contribution in [0.4, 0.5) is 0 Å². The first kappa shape index (κ1) is 19.3. The number of nitrogens with zero attached hydrogens (tertiary/aromatic N) is 2. The molecule has 4 rings (SSSR count). The average Bonchev–Trinajstić information content (AvgIpc) is 2.98. The third kappa shape index (κ3) is 4.67. The van der Waals surface area contributed by atoms with Crippen LogP contribution in [-0.4, -0.2) is 71.1 Å². The van der Waals surface area contributed by atoms with Crippen molar-refractivity contribution in [3.63, 3.8) is 0 Å². The third-order valence-electron chi connectivity index (χ3n) is 6.24. The number of H-pyrrole nitrogens is 1. The van der Waals surface area contributed by atoms with Crippen molar-refractivity contribution in [2.75, 3.05) is 39.3 Å². The molecule has 0 saturated carbocycles. The minimum atomic E-state index is -0.0846. The molecular weight excluding hydrogens is 352 g/mol. The zero-order valence-electron chi connectivity index (χ0n) is 16.6. The number of benzene rings is 1. The van der Waals surface area contributed by atoms with Gasteiger partial charge in [0, 0.05) is 43.1 Å². The number of carbonyl (C=O) groups excluding carboxylic acids is 1. The molecule has 0 unspecified atom stereocenters. The SMILES string of the molecule is O=C(NC1CCN(CCN2CCCCCC2)CC1)c1cc2c(O)cccc2[nH]1. The van der Waals surface area contributed by atoms with Gasteiger partial charge in [0.2, 0.25) is 0 Å². The van der Waals surface area contributed by atoms with Gasteiger partial charge in [0.15, 0.2) is 0 Å². The Balaban J connectivity index is 1.23. The van der Waals surface area contributed by atoms with Gasteiger partial charge in [-0.05, 0) is 57.0 Å². The van der Waals surface area contributed by atoms with Gasteiger partial charge in [-0.2, -0.15) is 0 Å². The summed E-state index contributed by atoms with van der Waals surface area (Å²) in [5.74, 6) is 0.115. The van der Waals surface area contributed by atoms with E-state index in [0.717, 1.165) is 38.0 Å². The second kappa shape index (κ2) is 8.97. The molecule has 6 nitrogen and oxygen atoms in total. The van der Waals surface area contributed by atoms with Gasteiger partial charge < -0.3 is 25.2 Å². The zero-order valence-corrected chi connectivity index (χ0v) is 16.6. The lowest BCUT2D eigenvalue weighted by Crippen LogP contribution is -2.46. The summed E-state index contributed by atoms with van der Waals surface area (Å²) in [5, 5.41) is 13.8.